The van der Waals surface area contributed by atoms with E-state index in [4.69, 9.17) is 4.74 Å². The third-order valence-corrected chi connectivity index (χ3v) is 5.25. The highest BCUT2D eigenvalue weighted by molar-refractivity contribution is 5.89. The van der Waals surface area contributed by atoms with Crippen molar-refractivity contribution in [2.75, 3.05) is 23.3 Å². The molecule has 2 amide bonds. The predicted octanol–water partition coefficient (Wildman–Crippen LogP) is 4.42. The zero-order valence-corrected chi connectivity index (χ0v) is 18.9. The van der Waals surface area contributed by atoms with Crippen molar-refractivity contribution >= 4 is 17.5 Å². The summed E-state index contributed by atoms with van der Waals surface area (Å²) in [6.45, 7) is 6.19. The molecule has 6 heteroatoms. The molecule has 6 nitrogen and oxygen atoms in total. The summed E-state index contributed by atoms with van der Waals surface area (Å²) < 4.78 is 5.79. The lowest BCUT2D eigenvalue weighted by Gasteiger charge is -2.36. The summed E-state index contributed by atoms with van der Waals surface area (Å²) in [6.07, 6.45) is 2.17. The number of rotatable bonds is 4. The van der Waals surface area contributed by atoms with Gasteiger partial charge >= 0.3 is 6.03 Å². The van der Waals surface area contributed by atoms with Crippen LogP contribution in [0.2, 0.25) is 0 Å². The van der Waals surface area contributed by atoms with Crippen molar-refractivity contribution < 1.29 is 9.53 Å². The van der Waals surface area contributed by atoms with Gasteiger partial charge in [-0.1, -0.05) is 42.2 Å². The van der Waals surface area contributed by atoms with E-state index in [9.17, 15) is 4.79 Å². The molecule has 168 valence electrons. The number of nitrogens with zero attached hydrogens (tertiary/aromatic N) is 2. The summed E-state index contributed by atoms with van der Waals surface area (Å²) in [6, 6.07) is 21.0. The van der Waals surface area contributed by atoms with Crippen LogP contribution in [-0.4, -0.2) is 36.3 Å². The van der Waals surface area contributed by atoms with Gasteiger partial charge in [0.2, 0.25) is 0 Å². The van der Waals surface area contributed by atoms with Gasteiger partial charge in [-0.2, -0.15) is 0 Å². The number of anilines is 2. The van der Waals surface area contributed by atoms with Gasteiger partial charge in [0.25, 0.3) is 0 Å². The summed E-state index contributed by atoms with van der Waals surface area (Å²) in [7, 11) is 0. The van der Waals surface area contributed by atoms with Gasteiger partial charge in [0.05, 0.1) is 12.2 Å². The fraction of sp³-hybridized carbons (Fsp3) is 0.259. The smallest absolute Gasteiger partial charge is 0.319 e. The molecule has 0 bridgehead atoms. The number of hydrogen-bond donors (Lipinski definition) is 2. The minimum Gasteiger partial charge on any atom is -0.372 e. The maximum Gasteiger partial charge on any atom is 0.319 e. The fourth-order valence-electron chi connectivity index (χ4n) is 3.77. The number of hydrogen-bond acceptors (Lipinski definition) is 4. The summed E-state index contributed by atoms with van der Waals surface area (Å²) in [5, 5.41) is 5.74. The minimum atomic E-state index is -0.275. The SMILES string of the molecule is CC1CN(c2ccc(CNC(=O)Nc3cccc(C#Cc4ccccc4)c3)cn2)CC(C)O1. The maximum absolute atomic E-state index is 12.4. The van der Waals surface area contributed by atoms with Crippen LogP contribution in [-0.2, 0) is 11.3 Å². The number of benzene rings is 2. The normalized spacial score (nSPS) is 17.6. The van der Waals surface area contributed by atoms with Gasteiger partial charge in [-0.05, 0) is 55.8 Å². The Bertz CT molecular complexity index is 1130. The molecule has 0 aliphatic carbocycles. The maximum atomic E-state index is 12.4. The van der Waals surface area contributed by atoms with Gasteiger partial charge in [0, 0.05) is 42.6 Å². The fourth-order valence-corrected chi connectivity index (χ4v) is 3.77. The molecule has 2 aromatic carbocycles. The average molecular weight is 441 g/mol. The monoisotopic (exact) mass is 440 g/mol. The molecule has 0 spiro atoms. The number of nitrogens with one attached hydrogen (secondary N) is 2. The topological polar surface area (TPSA) is 66.5 Å². The third-order valence-electron chi connectivity index (χ3n) is 5.25. The van der Waals surface area contributed by atoms with Crippen molar-refractivity contribution in [2.45, 2.75) is 32.6 Å². The first-order chi connectivity index (χ1) is 16.0. The standard InChI is InChI=1S/C27H28N4O2/c1-20-18-31(19-21(2)33-20)26-14-13-24(16-28-26)17-29-27(32)30-25-10-6-9-23(15-25)12-11-22-7-4-3-5-8-22/h3-10,13-16,20-21H,17-19H2,1-2H3,(H2,29,30,32). The molecule has 1 fully saturated rings. The number of urea groups is 1. The highest BCUT2D eigenvalue weighted by atomic mass is 16.5. The van der Waals surface area contributed by atoms with Crippen molar-refractivity contribution in [3.63, 3.8) is 0 Å². The van der Waals surface area contributed by atoms with Crippen molar-refractivity contribution in [1.29, 1.82) is 0 Å². The van der Waals surface area contributed by atoms with E-state index in [1.165, 1.54) is 0 Å². The quantitative estimate of drug-likeness (QED) is 0.590. The summed E-state index contributed by atoms with van der Waals surface area (Å²) in [5.74, 6) is 7.18. The van der Waals surface area contributed by atoms with E-state index in [1.807, 2.05) is 66.7 Å². The van der Waals surface area contributed by atoms with Crippen LogP contribution >= 0.6 is 0 Å². The number of amides is 2. The first-order valence-corrected chi connectivity index (χ1v) is 11.1. The van der Waals surface area contributed by atoms with Gasteiger partial charge in [-0.3, -0.25) is 0 Å². The van der Waals surface area contributed by atoms with E-state index in [-0.39, 0.29) is 18.2 Å². The Labute approximate surface area is 195 Å². The number of aromatic nitrogens is 1. The Hall–Kier alpha value is -3.82. The van der Waals surface area contributed by atoms with E-state index in [1.54, 1.807) is 6.20 Å². The van der Waals surface area contributed by atoms with Crippen LogP contribution in [0.15, 0.2) is 72.9 Å². The van der Waals surface area contributed by atoms with E-state index < -0.39 is 0 Å². The second kappa shape index (κ2) is 10.7. The highest BCUT2D eigenvalue weighted by Gasteiger charge is 2.22. The van der Waals surface area contributed by atoms with Gasteiger partial charge in [0.1, 0.15) is 5.82 Å². The lowest BCUT2D eigenvalue weighted by atomic mass is 10.1. The Morgan fingerprint density at radius 2 is 1.73 bits per heavy atom. The van der Waals surface area contributed by atoms with Crippen LogP contribution < -0.4 is 15.5 Å². The van der Waals surface area contributed by atoms with Gasteiger partial charge in [-0.25, -0.2) is 9.78 Å². The molecular formula is C27H28N4O2. The highest BCUT2D eigenvalue weighted by Crippen LogP contribution is 2.18. The molecule has 33 heavy (non-hydrogen) atoms. The van der Waals surface area contributed by atoms with Crippen molar-refractivity contribution in [2.24, 2.45) is 0 Å². The van der Waals surface area contributed by atoms with E-state index >= 15 is 0 Å². The molecule has 1 aromatic heterocycles. The van der Waals surface area contributed by atoms with Gasteiger partial charge < -0.3 is 20.3 Å². The molecule has 2 heterocycles. The first kappa shape index (κ1) is 22.4. The molecule has 2 N–H and O–H groups in total. The lowest BCUT2D eigenvalue weighted by molar-refractivity contribution is -0.00546. The number of ether oxygens (including phenoxy) is 1. The Balaban J connectivity index is 1.29. The van der Waals surface area contributed by atoms with Crippen LogP contribution in [0, 0.1) is 11.8 Å². The molecule has 2 atom stereocenters. The van der Waals surface area contributed by atoms with Gasteiger partial charge in [-0.15, -0.1) is 0 Å². The molecule has 2 unspecified atom stereocenters. The third kappa shape index (κ3) is 6.58. The second-order valence-corrected chi connectivity index (χ2v) is 8.19. The van der Waals surface area contributed by atoms with E-state index in [0.717, 1.165) is 35.6 Å². The zero-order valence-electron chi connectivity index (χ0n) is 18.9. The van der Waals surface area contributed by atoms with Crippen LogP contribution in [0.5, 0.6) is 0 Å². The molecule has 1 aliphatic rings. The number of pyridine rings is 1. The lowest BCUT2D eigenvalue weighted by Crippen LogP contribution is -2.45. The molecule has 3 aromatic rings. The van der Waals surface area contributed by atoms with Crippen LogP contribution in [0.1, 0.15) is 30.5 Å². The molecule has 1 aliphatic heterocycles. The predicted molar refractivity (Wildman–Crippen MR) is 131 cm³/mol. The molecule has 1 saturated heterocycles. The molecule has 0 saturated carbocycles. The molecule has 0 radical (unpaired) electrons. The molecule has 4 rings (SSSR count). The largest absolute Gasteiger partial charge is 0.372 e. The van der Waals surface area contributed by atoms with Crippen LogP contribution in [0.3, 0.4) is 0 Å². The van der Waals surface area contributed by atoms with E-state index in [0.29, 0.717) is 12.2 Å². The van der Waals surface area contributed by atoms with E-state index in [2.05, 4.69) is 46.2 Å². The summed E-state index contributed by atoms with van der Waals surface area (Å²) >= 11 is 0. The van der Waals surface area contributed by atoms with Crippen molar-refractivity contribution in [3.05, 3.63) is 89.6 Å². The van der Waals surface area contributed by atoms with Crippen molar-refractivity contribution in [3.8, 4) is 11.8 Å². The molecular weight excluding hydrogens is 412 g/mol. The number of carbonyl (C=O) groups excluding carboxylic acids is 1. The number of morpholine rings is 1. The van der Waals surface area contributed by atoms with Gasteiger partial charge in [0.15, 0.2) is 0 Å². The van der Waals surface area contributed by atoms with Crippen LogP contribution in [0.4, 0.5) is 16.3 Å². The second-order valence-electron chi connectivity index (χ2n) is 8.19. The van der Waals surface area contributed by atoms with Crippen molar-refractivity contribution in [1.82, 2.24) is 10.3 Å². The minimum absolute atomic E-state index is 0.184. The Morgan fingerprint density at radius 1 is 1.00 bits per heavy atom. The van der Waals surface area contributed by atoms with Crippen LogP contribution in [0.25, 0.3) is 0 Å². The summed E-state index contributed by atoms with van der Waals surface area (Å²) in [4.78, 5) is 19.2. The average Bonchev–Trinajstić information content (AvgIpc) is 2.82. The first-order valence-electron chi connectivity index (χ1n) is 11.1. The summed E-state index contributed by atoms with van der Waals surface area (Å²) in [5.41, 5.74) is 3.41. The Kier molecular flexibility index (Phi) is 7.23. The zero-order chi connectivity index (χ0) is 23.0. The number of carbonyl (C=O) groups is 1. The Morgan fingerprint density at radius 3 is 2.45 bits per heavy atom.